The number of aliphatic hydroxyl groups is 1. The summed E-state index contributed by atoms with van der Waals surface area (Å²) < 4.78 is 40.0. The number of carbonyl (C=O) groups excluding carboxylic acids is 1. The average Bonchev–Trinajstić information content (AvgIpc) is 2.66. The van der Waals surface area contributed by atoms with Crippen LogP contribution in [0.3, 0.4) is 0 Å². The number of hydrogen-bond acceptors (Lipinski definition) is 4. The fraction of sp³-hybridized carbons (Fsp3) is 0.611. The number of nitrogens with zero attached hydrogens (tertiary/aromatic N) is 2. The number of piperidine rings is 1. The molecule has 1 aromatic rings. The Morgan fingerprint density at radius 3 is 2.56 bits per heavy atom. The van der Waals surface area contributed by atoms with Crippen LogP contribution in [-0.4, -0.2) is 61.4 Å². The topological polar surface area (TPSA) is 77.9 Å². The zero-order valence-corrected chi connectivity index (χ0v) is 17.0. The lowest BCUT2D eigenvalue weighted by atomic mass is 9.96. The van der Waals surface area contributed by atoms with E-state index >= 15 is 0 Å². The Balaban J connectivity index is 2.02. The Bertz CT molecular complexity index is 752. The predicted molar refractivity (Wildman–Crippen MR) is 101 cm³/mol. The third kappa shape index (κ3) is 5.40. The molecule has 152 valence electrons. The maximum absolute atomic E-state index is 13.3. The van der Waals surface area contributed by atoms with Crippen molar-refractivity contribution in [1.82, 2.24) is 9.21 Å². The number of hydrogen-bond donors (Lipinski definition) is 1. The van der Waals surface area contributed by atoms with Crippen LogP contribution in [0.25, 0.3) is 0 Å². The van der Waals surface area contributed by atoms with Gasteiger partial charge in [0, 0.05) is 32.1 Å². The molecule has 0 unspecified atom stereocenters. The number of benzene rings is 1. The molecule has 1 heterocycles. The molecule has 1 saturated heterocycles. The molecule has 2 rings (SSSR count). The Hall–Kier alpha value is -1.22. The molecule has 1 aliphatic heterocycles. The van der Waals surface area contributed by atoms with E-state index in [1.165, 1.54) is 10.4 Å². The predicted octanol–water partition coefficient (Wildman–Crippen LogP) is 2.50. The standard InChI is InChI=1S/C18H26ClFN2O4S/c1-2-3-8-21(11-12-23)18(24)14-6-9-22(10-7-14)27(25,26)15-4-5-17(20)16(19)13-15/h4-5,13-14,23H,2-3,6-12H2,1H3. The third-order valence-electron chi connectivity index (χ3n) is 4.80. The van der Waals surface area contributed by atoms with E-state index in [1.54, 1.807) is 4.90 Å². The maximum atomic E-state index is 13.3. The summed E-state index contributed by atoms with van der Waals surface area (Å²) in [5.74, 6) is -0.952. The summed E-state index contributed by atoms with van der Waals surface area (Å²) in [5, 5.41) is 8.94. The number of rotatable bonds is 8. The van der Waals surface area contributed by atoms with E-state index in [4.69, 9.17) is 11.6 Å². The molecular formula is C18H26ClFN2O4S. The van der Waals surface area contributed by atoms with Gasteiger partial charge in [-0.25, -0.2) is 12.8 Å². The second-order valence-electron chi connectivity index (χ2n) is 6.66. The van der Waals surface area contributed by atoms with Crippen LogP contribution in [0.15, 0.2) is 23.1 Å². The molecule has 1 N–H and O–H groups in total. The van der Waals surface area contributed by atoms with E-state index in [1.807, 2.05) is 6.92 Å². The lowest BCUT2D eigenvalue weighted by Crippen LogP contribution is -2.45. The summed E-state index contributed by atoms with van der Waals surface area (Å²) in [6.45, 7) is 3.28. The van der Waals surface area contributed by atoms with Gasteiger partial charge in [0.25, 0.3) is 0 Å². The average molecular weight is 421 g/mol. The van der Waals surface area contributed by atoms with E-state index in [2.05, 4.69) is 0 Å². The molecule has 1 amide bonds. The monoisotopic (exact) mass is 420 g/mol. The number of halogens is 2. The summed E-state index contributed by atoms with van der Waals surface area (Å²) >= 11 is 5.70. The molecule has 0 aromatic heterocycles. The Labute approximate surface area is 165 Å². The van der Waals surface area contributed by atoms with Crippen molar-refractivity contribution in [3.05, 3.63) is 29.0 Å². The zero-order valence-electron chi connectivity index (χ0n) is 15.4. The van der Waals surface area contributed by atoms with Gasteiger partial charge in [0.1, 0.15) is 5.82 Å². The number of sulfonamides is 1. The minimum absolute atomic E-state index is 0.0284. The summed E-state index contributed by atoms with van der Waals surface area (Å²) in [4.78, 5) is 14.3. The second-order valence-corrected chi connectivity index (χ2v) is 9.00. The van der Waals surface area contributed by atoms with Gasteiger partial charge >= 0.3 is 0 Å². The van der Waals surface area contributed by atoms with Crippen molar-refractivity contribution in [2.45, 2.75) is 37.5 Å². The van der Waals surface area contributed by atoms with Crippen LogP contribution in [-0.2, 0) is 14.8 Å². The second kappa shape index (κ2) is 9.82. The van der Waals surface area contributed by atoms with Gasteiger partial charge < -0.3 is 10.0 Å². The van der Waals surface area contributed by atoms with Gasteiger partial charge in [0.05, 0.1) is 16.5 Å². The highest BCUT2D eigenvalue weighted by molar-refractivity contribution is 7.89. The van der Waals surface area contributed by atoms with Crippen LogP contribution in [0.1, 0.15) is 32.6 Å². The first-order valence-corrected chi connectivity index (χ1v) is 11.0. The van der Waals surface area contributed by atoms with Gasteiger partial charge in [0.15, 0.2) is 0 Å². The Kier molecular flexibility index (Phi) is 8.03. The van der Waals surface area contributed by atoms with Gasteiger partial charge in [-0.2, -0.15) is 4.31 Å². The first kappa shape index (κ1) is 22.1. The molecular weight excluding hydrogens is 395 g/mol. The minimum atomic E-state index is -3.78. The van der Waals surface area contributed by atoms with Crippen molar-refractivity contribution in [2.24, 2.45) is 5.92 Å². The highest BCUT2D eigenvalue weighted by Gasteiger charge is 2.33. The van der Waals surface area contributed by atoms with Crippen molar-refractivity contribution >= 4 is 27.5 Å². The lowest BCUT2D eigenvalue weighted by molar-refractivity contribution is -0.137. The fourth-order valence-electron chi connectivity index (χ4n) is 3.19. The molecule has 1 fully saturated rings. The van der Waals surface area contributed by atoms with Gasteiger partial charge in [0.2, 0.25) is 15.9 Å². The number of carbonyl (C=O) groups is 1. The molecule has 0 atom stereocenters. The van der Waals surface area contributed by atoms with Gasteiger partial charge in [-0.1, -0.05) is 24.9 Å². The van der Waals surface area contributed by atoms with Crippen LogP contribution in [0.4, 0.5) is 4.39 Å². The molecule has 9 heteroatoms. The van der Waals surface area contributed by atoms with E-state index in [9.17, 15) is 22.7 Å². The van der Waals surface area contributed by atoms with Crippen LogP contribution >= 0.6 is 11.6 Å². The molecule has 6 nitrogen and oxygen atoms in total. The maximum Gasteiger partial charge on any atom is 0.243 e. The SMILES string of the molecule is CCCCN(CCO)C(=O)C1CCN(S(=O)(=O)c2ccc(F)c(Cl)c2)CC1. The van der Waals surface area contributed by atoms with E-state index in [0.717, 1.165) is 25.0 Å². The highest BCUT2D eigenvalue weighted by Crippen LogP contribution is 2.27. The molecule has 1 aromatic carbocycles. The van der Waals surface area contributed by atoms with Gasteiger partial charge in [-0.3, -0.25) is 4.79 Å². The lowest BCUT2D eigenvalue weighted by Gasteiger charge is -2.33. The molecule has 0 saturated carbocycles. The molecule has 0 radical (unpaired) electrons. The van der Waals surface area contributed by atoms with E-state index < -0.39 is 15.8 Å². The highest BCUT2D eigenvalue weighted by atomic mass is 35.5. The van der Waals surface area contributed by atoms with Crippen molar-refractivity contribution in [3.8, 4) is 0 Å². The Morgan fingerprint density at radius 1 is 1.33 bits per heavy atom. The van der Waals surface area contributed by atoms with Crippen molar-refractivity contribution in [2.75, 3.05) is 32.8 Å². The molecule has 0 spiro atoms. The normalized spacial score (nSPS) is 16.4. The largest absolute Gasteiger partial charge is 0.395 e. The molecule has 0 bridgehead atoms. The van der Waals surface area contributed by atoms with E-state index in [0.29, 0.717) is 25.9 Å². The molecule has 27 heavy (non-hydrogen) atoms. The first-order chi connectivity index (χ1) is 12.8. The summed E-state index contributed by atoms with van der Waals surface area (Å²) in [7, 11) is -3.78. The Morgan fingerprint density at radius 2 is 2.00 bits per heavy atom. The van der Waals surface area contributed by atoms with Crippen LogP contribution < -0.4 is 0 Å². The van der Waals surface area contributed by atoms with Gasteiger partial charge in [-0.15, -0.1) is 0 Å². The quantitative estimate of drug-likeness (QED) is 0.700. The summed E-state index contributed by atoms with van der Waals surface area (Å²) in [5.41, 5.74) is 0. The van der Waals surface area contributed by atoms with Gasteiger partial charge in [-0.05, 0) is 37.5 Å². The fourth-order valence-corrected chi connectivity index (χ4v) is 4.93. The number of aliphatic hydroxyl groups excluding tert-OH is 1. The zero-order chi connectivity index (χ0) is 20.0. The van der Waals surface area contributed by atoms with Crippen LogP contribution in [0, 0.1) is 11.7 Å². The summed E-state index contributed by atoms with van der Waals surface area (Å²) in [6.07, 6.45) is 2.65. The number of amides is 1. The minimum Gasteiger partial charge on any atom is -0.395 e. The van der Waals surface area contributed by atoms with Crippen LogP contribution in [0.5, 0.6) is 0 Å². The molecule has 0 aliphatic carbocycles. The van der Waals surface area contributed by atoms with E-state index in [-0.39, 0.29) is 41.4 Å². The van der Waals surface area contributed by atoms with Crippen molar-refractivity contribution in [1.29, 1.82) is 0 Å². The first-order valence-electron chi connectivity index (χ1n) is 9.16. The smallest absolute Gasteiger partial charge is 0.243 e. The van der Waals surface area contributed by atoms with Crippen LogP contribution in [0.2, 0.25) is 5.02 Å². The third-order valence-corrected chi connectivity index (χ3v) is 6.98. The molecule has 1 aliphatic rings. The summed E-state index contributed by atoms with van der Waals surface area (Å²) in [6, 6.07) is 3.34. The number of unbranched alkanes of at least 4 members (excludes halogenated alkanes) is 1. The van der Waals surface area contributed by atoms with Crippen molar-refractivity contribution < 1.29 is 22.7 Å². The van der Waals surface area contributed by atoms with Crippen molar-refractivity contribution in [3.63, 3.8) is 0 Å².